The van der Waals surface area contributed by atoms with Crippen LogP contribution in [-0.4, -0.2) is 5.78 Å². The van der Waals surface area contributed by atoms with Gasteiger partial charge in [0.2, 0.25) is 12.3 Å². The van der Waals surface area contributed by atoms with Crippen molar-refractivity contribution in [1.29, 1.82) is 5.26 Å². The minimum absolute atomic E-state index is 0.0661. The highest BCUT2D eigenvalue weighted by Gasteiger charge is 2.12. The number of hydrogen-bond donors (Lipinski definition) is 0. The SMILES string of the molecule is N#Cc1ccc2cc[n+](CC(=O)c3ccccc3)cc2c1. The number of ketones is 1. The molecule has 3 aromatic rings. The molecule has 0 amide bonds. The van der Waals surface area contributed by atoms with E-state index in [0.29, 0.717) is 11.1 Å². The first-order valence-corrected chi connectivity index (χ1v) is 6.67. The van der Waals surface area contributed by atoms with Crippen LogP contribution in [0.5, 0.6) is 0 Å². The average Bonchev–Trinajstić information content (AvgIpc) is 2.55. The molecule has 0 fully saturated rings. The van der Waals surface area contributed by atoms with Gasteiger partial charge in [0.25, 0.3) is 0 Å². The minimum atomic E-state index is 0.0661. The second-order valence-electron chi connectivity index (χ2n) is 4.86. The Labute approximate surface area is 122 Å². The molecule has 3 rings (SSSR count). The van der Waals surface area contributed by atoms with Gasteiger partial charge in [0.15, 0.2) is 12.4 Å². The summed E-state index contributed by atoms with van der Waals surface area (Å²) in [4.78, 5) is 12.2. The summed E-state index contributed by atoms with van der Waals surface area (Å²) in [6, 6.07) is 18.9. The molecule has 0 saturated carbocycles. The molecule has 1 aromatic heterocycles. The summed E-state index contributed by atoms with van der Waals surface area (Å²) in [7, 11) is 0. The number of hydrogen-bond acceptors (Lipinski definition) is 2. The van der Waals surface area contributed by atoms with E-state index in [9.17, 15) is 4.79 Å². The van der Waals surface area contributed by atoms with Crippen LogP contribution in [0.3, 0.4) is 0 Å². The number of Topliss-reactive ketones (excluding diaryl/α,β-unsaturated/α-hetero) is 1. The van der Waals surface area contributed by atoms with Crippen molar-refractivity contribution in [1.82, 2.24) is 0 Å². The molecule has 3 nitrogen and oxygen atoms in total. The fraction of sp³-hybridized carbons (Fsp3) is 0.0556. The quantitative estimate of drug-likeness (QED) is 0.544. The van der Waals surface area contributed by atoms with Gasteiger partial charge in [-0.15, -0.1) is 0 Å². The van der Waals surface area contributed by atoms with E-state index in [1.54, 1.807) is 6.07 Å². The molecular weight excluding hydrogens is 260 g/mol. The van der Waals surface area contributed by atoms with E-state index in [2.05, 4.69) is 6.07 Å². The summed E-state index contributed by atoms with van der Waals surface area (Å²) in [6.45, 7) is 0.288. The fourth-order valence-electron chi connectivity index (χ4n) is 2.29. The lowest BCUT2D eigenvalue weighted by Crippen LogP contribution is -2.37. The number of aromatic nitrogens is 1. The van der Waals surface area contributed by atoms with Gasteiger partial charge < -0.3 is 0 Å². The van der Waals surface area contributed by atoms with Crippen molar-refractivity contribution < 1.29 is 9.36 Å². The third-order valence-corrected chi connectivity index (χ3v) is 3.39. The van der Waals surface area contributed by atoms with E-state index in [0.717, 1.165) is 10.8 Å². The second-order valence-corrected chi connectivity index (χ2v) is 4.86. The average molecular weight is 273 g/mol. The third kappa shape index (κ3) is 2.80. The maximum absolute atomic E-state index is 12.2. The molecule has 0 saturated heterocycles. The van der Waals surface area contributed by atoms with Gasteiger partial charge in [-0.05, 0) is 17.5 Å². The minimum Gasteiger partial charge on any atom is -0.287 e. The number of carbonyl (C=O) groups excluding carboxylic acids is 1. The predicted molar refractivity (Wildman–Crippen MR) is 79.6 cm³/mol. The molecule has 0 N–H and O–H groups in total. The molecule has 2 aromatic carbocycles. The van der Waals surface area contributed by atoms with Crippen molar-refractivity contribution in [2.45, 2.75) is 6.54 Å². The van der Waals surface area contributed by atoms with E-state index in [1.807, 2.05) is 65.5 Å². The Balaban J connectivity index is 1.91. The number of nitrogens with zero attached hydrogens (tertiary/aromatic N) is 2. The third-order valence-electron chi connectivity index (χ3n) is 3.39. The molecule has 0 aliphatic heterocycles. The van der Waals surface area contributed by atoms with E-state index >= 15 is 0 Å². The second kappa shape index (κ2) is 5.56. The molecule has 0 aliphatic rings. The zero-order valence-corrected chi connectivity index (χ0v) is 11.4. The zero-order chi connectivity index (χ0) is 14.7. The van der Waals surface area contributed by atoms with Gasteiger partial charge in [-0.2, -0.15) is 9.83 Å². The monoisotopic (exact) mass is 273 g/mol. The van der Waals surface area contributed by atoms with E-state index in [-0.39, 0.29) is 12.3 Å². The number of fused-ring (bicyclic) bond motifs is 1. The highest BCUT2D eigenvalue weighted by atomic mass is 16.1. The molecule has 0 bridgehead atoms. The molecule has 0 radical (unpaired) electrons. The summed E-state index contributed by atoms with van der Waals surface area (Å²) in [5, 5.41) is 11.0. The maximum atomic E-state index is 12.2. The number of carbonyl (C=O) groups is 1. The van der Waals surface area contributed by atoms with Gasteiger partial charge in [0.05, 0.1) is 11.6 Å². The summed E-state index contributed by atoms with van der Waals surface area (Å²) >= 11 is 0. The van der Waals surface area contributed by atoms with Gasteiger partial charge in [-0.3, -0.25) is 4.79 Å². The van der Waals surface area contributed by atoms with E-state index < -0.39 is 0 Å². The molecule has 21 heavy (non-hydrogen) atoms. The highest BCUT2D eigenvalue weighted by Crippen LogP contribution is 2.13. The number of nitriles is 1. The number of pyridine rings is 1. The Morgan fingerprint density at radius 3 is 2.62 bits per heavy atom. The van der Waals surface area contributed by atoms with Crippen molar-refractivity contribution in [3.63, 3.8) is 0 Å². The van der Waals surface area contributed by atoms with Crippen molar-refractivity contribution in [3.05, 3.63) is 78.1 Å². The molecular formula is C18H13N2O+. The standard InChI is InChI=1S/C18H13N2O/c19-11-14-6-7-15-8-9-20(12-17(15)10-14)13-18(21)16-4-2-1-3-5-16/h1-10,12H,13H2/q+1. The number of rotatable bonds is 3. The van der Waals surface area contributed by atoms with Gasteiger partial charge in [0, 0.05) is 17.0 Å². The predicted octanol–water partition coefficient (Wildman–Crippen LogP) is 2.88. The Morgan fingerprint density at radius 2 is 1.86 bits per heavy atom. The molecule has 0 aliphatic carbocycles. The fourth-order valence-corrected chi connectivity index (χ4v) is 2.29. The molecule has 1 heterocycles. The van der Waals surface area contributed by atoms with Crippen LogP contribution in [0.4, 0.5) is 0 Å². The van der Waals surface area contributed by atoms with Crippen LogP contribution in [-0.2, 0) is 6.54 Å². The summed E-state index contributed by atoms with van der Waals surface area (Å²) in [6.07, 6.45) is 3.78. The lowest BCUT2D eigenvalue weighted by atomic mass is 10.1. The number of benzene rings is 2. The van der Waals surface area contributed by atoms with E-state index in [1.165, 1.54) is 0 Å². The van der Waals surface area contributed by atoms with Crippen molar-refractivity contribution in [2.24, 2.45) is 0 Å². The first-order valence-electron chi connectivity index (χ1n) is 6.67. The van der Waals surface area contributed by atoms with Gasteiger partial charge in [0.1, 0.15) is 0 Å². The lowest BCUT2D eigenvalue weighted by Gasteiger charge is -2.00. The highest BCUT2D eigenvalue weighted by molar-refractivity contribution is 5.95. The van der Waals surface area contributed by atoms with Gasteiger partial charge >= 0.3 is 0 Å². The Bertz CT molecular complexity index is 848. The molecule has 3 heteroatoms. The maximum Gasteiger partial charge on any atom is 0.227 e. The van der Waals surface area contributed by atoms with Gasteiger partial charge in [-0.25, -0.2) is 0 Å². The van der Waals surface area contributed by atoms with Crippen LogP contribution in [0.1, 0.15) is 15.9 Å². The molecule has 0 unspecified atom stereocenters. The first kappa shape index (κ1) is 13.0. The van der Waals surface area contributed by atoms with E-state index in [4.69, 9.17) is 5.26 Å². The van der Waals surface area contributed by atoms with Crippen LogP contribution in [0, 0.1) is 11.3 Å². The first-order chi connectivity index (χ1) is 10.3. The Hall–Kier alpha value is -2.99. The smallest absolute Gasteiger partial charge is 0.227 e. The zero-order valence-electron chi connectivity index (χ0n) is 11.4. The molecule has 0 atom stereocenters. The van der Waals surface area contributed by atoms with Crippen LogP contribution >= 0.6 is 0 Å². The largest absolute Gasteiger partial charge is 0.287 e. The summed E-state index contributed by atoms with van der Waals surface area (Å²) < 4.78 is 1.85. The molecule has 0 spiro atoms. The Morgan fingerprint density at radius 1 is 1.05 bits per heavy atom. The van der Waals surface area contributed by atoms with Crippen molar-refractivity contribution in [3.8, 4) is 6.07 Å². The van der Waals surface area contributed by atoms with Crippen LogP contribution < -0.4 is 4.57 Å². The normalized spacial score (nSPS) is 10.2. The lowest BCUT2D eigenvalue weighted by molar-refractivity contribution is -0.681. The molecule has 100 valence electrons. The summed E-state index contributed by atoms with van der Waals surface area (Å²) in [5.41, 5.74) is 1.32. The van der Waals surface area contributed by atoms with Crippen molar-refractivity contribution in [2.75, 3.05) is 0 Å². The van der Waals surface area contributed by atoms with Crippen LogP contribution in [0.25, 0.3) is 10.8 Å². The Kier molecular flexibility index (Phi) is 3.44. The topological polar surface area (TPSA) is 44.7 Å². The van der Waals surface area contributed by atoms with Crippen LogP contribution in [0.2, 0.25) is 0 Å². The summed E-state index contributed by atoms with van der Waals surface area (Å²) in [5.74, 6) is 0.0661. The van der Waals surface area contributed by atoms with Gasteiger partial charge in [-0.1, -0.05) is 36.4 Å². The van der Waals surface area contributed by atoms with Crippen LogP contribution in [0.15, 0.2) is 67.0 Å². The van der Waals surface area contributed by atoms with Crippen molar-refractivity contribution >= 4 is 16.6 Å².